The van der Waals surface area contributed by atoms with Crippen molar-refractivity contribution in [1.82, 2.24) is 0 Å². The number of halogens is 1. The Labute approximate surface area is 142 Å². The number of nitro groups is 1. The Hall–Kier alpha value is -2.65. The fraction of sp³-hybridized carbons (Fsp3) is 0.0714. The maximum absolute atomic E-state index is 12.6. The van der Waals surface area contributed by atoms with E-state index in [0.29, 0.717) is 0 Å². The first-order chi connectivity index (χ1) is 11.1. The summed E-state index contributed by atoms with van der Waals surface area (Å²) >= 11 is 5.92. The maximum Gasteiger partial charge on any atom is 0.290 e. The van der Waals surface area contributed by atoms with E-state index in [1.54, 1.807) is 0 Å². The molecule has 0 aliphatic rings. The van der Waals surface area contributed by atoms with Gasteiger partial charge in [0.2, 0.25) is 5.91 Å². The number of nitrogens with one attached hydrogen (secondary N) is 1. The Morgan fingerprint density at radius 1 is 1.29 bits per heavy atom. The molecule has 0 bridgehead atoms. The summed E-state index contributed by atoms with van der Waals surface area (Å²) in [4.78, 5) is 21.1. The molecule has 1 amide bonds. The third-order valence-corrected chi connectivity index (χ3v) is 5.04. The highest BCUT2D eigenvalue weighted by molar-refractivity contribution is 7.93. The summed E-state index contributed by atoms with van der Waals surface area (Å²) in [5.41, 5.74) is 4.71. The molecule has 0 heterocycles. The minimum Gasteiger partial charge on any atom is -0.366 e. The van der Waals surface area contributed by atoms with Gasteiger partial charge in [-0.1, -0.05) is 23.7 Å². The van der Waals surface area contributed by atoms with Gasteiger partial charge in [-0.3, -0.25) is 19.6 Å². The molecule has 0 spiro atoms. The second kappa shape index (κ2) is 6.46. The smallest absolute Gasteiger partial charge is 0.290 e. The van der Waals surface area contributed by atoms with Gasteiger partial charge in [0, 0.05) is 11.6 Å². The molecule has 2 rings (SSSR count). The van der Waals surface area contributed by atoms with Crippen LogP contribution in [0, 0.1) is 17.0 Å². The molecular weight excluding hydrogens is 358 g/mol. The summed E-state index contributed by atoms with van der Waals surface area (Å²) in [6.07, 6.45) is 0. The number of aryl methyl sites for hydroxylation is 1. The van der Waals surface area contributed by atoms with E-state index >= 15 is 0 Å². The van der Waals surface area contributed by atoms with Crippen LogP contribution in [0.3, 0.4) is 0 Å². The van der Waals surface area contributed by atoms with Crippen LogP contribution in [0.1, 0.15) is 15.9 Å². The molecule has 10 heteroatoms. The lowest BCUT2D eigenvalue weighted by atomic mass is 10.2. The van der Waals surface area contributed by atoms with Crippen LogP contribution in [0.25, 0.3) is 0 Å². The SMILES string of the molecule is Cc1cccc([N+](=O)[O-])c1S(=O)(=O)Nc1cc(C(N)=O)ccc1Cl. The van der Waals surface area contributed by atoms with Gasteiger partial charge in [0.05, 0.1) is 15.6 Å². The molecule has 2 aromatic rings. The number of benzene rings is 2. The minimum atomic E-state index is -4.31. The number of nitrogens with zero attached hydrogens (tertiary/aromatic N) is 1. The van der Waals surface area contributed by atoms with Crippen molar-refractivity contribution in [2.45, 2.75) is 11.8 Å². The molecule has 24 heavy (non-hydrogen) atoms. The summed E-state index contributed by atoms with van der Waals surface area (Å²) < 4.78 is 27.3. The number of carbonyl (C=O) groups is 1. The number of hydrogen-bond acceptors (Lipinski definition) is 5. The zero-order chi connectivity index (χ0) is 18.1. The lowest BCUT2D eigenvalue weighted by molar-refractivity contribution is -0.387. The number of sulfonamides is 1. The van der Waals surface area contributed by atoms with E-state index in [-0.39, 0.29) is 21.8 Å². The molecule has 0 saturated heterocycles. The second-order valence-electron chi connectivity index (χ2n) is 4.84. The molecule has 0 aliphatic heterocycles. The van der Waals surface area contributed by atoms with Crippen LogP contribution >= 0.6 is 11.6 Å². The van der Waals surface area contributed by atoms with Crippen LogP contribution in [0.15, 0.2) is 41.3 Å². The van der Waals surface area contributed by atoms with E-state index in [4.69, 9.17) is 17.3 Å². The van der Waals surface area contributed by atoms with Gasteiger partial charge >= 0.3 is 0 Å². The quantitative estimate of drug-likeness (QED) is 0.617. The Morgan fingerprint density at radius 2 is 1.96 bits per heavy atom. The largest absolute Gasteiger partial charge is 0.366 e. The van der Waals surface area contributed by atoms with Crippen molar-refractivity contribution in [3.63, 3.8) is 0 Å². The van der Waals surface area contributed by atoms with Gasteiger partial charge in [-0.2, -0.15) is 0 Å². The second-order valence-corrected chi connectivity index (χ2v) is 6.87. The first-order valence-electron chi connectivity index (χ1n) is 6.49. The van der Waals surface area contributed by atoms with Crippen LogP contribution in [0.2, 0.25) is 5.02 Å². The summed E-state index contributed by atoms with van der Waals surface area (Å²) in [7, 11) is -4.31. The molecular formula is C14H12ClN3O5S. The van der Waals surface area contributed by atoms with Crippen LogP contribution in [-0.2, 0) is 10.0 Å². The fourth-order valence-corrected chi connectivity index (χ4v) is 3.77. The molecule has 0 saturated carbocycles. The third-order valence-electron chi connectivity index (χ3n) is 3.15. The number of nitrogens with two attached hydrogens (primary N) is 1. The Morgan fingerprint density at radius 3 is 2.54 bits per heavy atom. The number of anilines is 1. The first-order valence-corrected chi connectivity index (χ1v) is 8.36. The van der Waals surface area contributed by atoms with Gasteiger partial charge in [-0.15, -0.1) is 0 Å². The molecule has 0 aromatic heterocycles. The molecule has 0 atom stereocenters. The monoisotopic (exact) mass is 369 g/mol. The van der Waals surface area contributed by atoms with Crippen LogP contribution in [0.5, 0.6) is 0 Å². The average Bonchev–Trinajstić information content (AvgIpc) is 2.48. The molecule has 2 aromatic carbocycles. The van der Waals surface area contributed by atoms with Crippen LogP contribution in [-0.4, -0.2) is 19.2 Å². The van der Waals surface area contributed by atoms with Gasteiger partial charge in [0.15, 0.2) is 4.90 Å². The van der Waals surface area contributed by atoms with E-state index in [1.165, 1.54) is 31.2 Å². The number of carbonyl (C=O) groups excluding carboxylic acids is 1. The summed E-state index contributed by atoms with van der Waals surface area (Å²) in [5, 5.41) is 11.1. The first kappa shape index (κ1) is 17.7. The Bertz CT molecular complexity index is 943. The third kappa shape index (κ3) is 3.47. The predicted octanol–water partition coefficient (Wildman–Crippen LogP) is 2.46. The van der Waals surface area contributed by atoms with Crippen LogP contribution < -0.4 is 10.5 Å². The fourth-order valence-electron chi connectivity index (χ4n) is 2.08. The van der Waals surface area contributed by atoms with E-state index in [9.17, 15) is 23.3 Å². The van der Waals surface area contributed by atoms with Gasteiger partial charge in [0.25, 0.3) is 15.7 Å². The normalized spacial score (nSPS) is 11.1. The summed E-state index contributed by atoms with van der Waals surface area (Å²) in [5.74, 6) is -0.769. The summed E-state index contributed by atoms with van der Waals surface area (Å²) in [6.45, 7) is 1.43. The van der Waals surface area contributed by atoms with E-state index < -0.39 is 31.4 Å². The van der Waals surface area contributed by atoms with Crippen molar-refractivity contribution in [1.29, 1.82) is 0 Å². The van der Waals surface area contributed by atoms with Crippen LogP contribution in [0.4, 0.5) is 11.4 Å². The molecule has 0 fully saturated rings. The van der Waals surface area contributed by atoms with Crippen molar-refractivity contribution < 1.29 is 18.1 Å². The van der Waals surface area contributed by atoms with Gasteiger partial charge in [0.1, 0.15) is 0 Å². The highest BCUT2D eigenvalue weighted by Gasteiger charge is 2.28. The topological polar surface area (TPSA) is 132 Å². The number of rotatable bonds is 5. The predicted molar refractivity (Wildman–Crippen MR) is 88.6 cm³/mol. The van der Waals surface area contributed by atoms with Crippen molar-refractivity contribution in [2.75, 3.05) is 4.72 Å². The minimum absolute atomic E-state index is 0.0137. The van der Waals surface area contributed by atoms with Crippen molar-refractivity contribution in [3.05, 3.63) is 62.7 Å². The van der Waals surface area contributed by atoms with E-state index in [2.05, 4.69) is 4.72 Å². The maximum atomic E-state index is 12.6. The summed E-state index contributed by atoms with van der Waals surface area (Å²) in [6, 6.07) is 7.69. The number of hydrogen-bond donors (Lipinski definition) is 2. The zero-order valence-electron chi connectivity index (χ0n) is 12.3. The van der Waals surface area contributed by atoms with E-state index in [1.807, 2.05) is 0 Å². The van der Waals surface area contributed by atoms with Gasteiger partial charge < -0.3 is 5.73 Å². The molecule has 8 nitrogen and oxygen atoms in total. The zero-order valence-corrected chi connectivity index (χ0v) is 13.9. The van der Waals surface area contributed by atoms with Crippen molar-refractivity contribution >= 4 is 38.9 Å². The lowest BCUT2D eigenvalue weighted by Gasteiger charge is -2.12. The Balaban J connectivity index is 2.57. The standard InChI is InChI=1S/C14H12ClN3O5S/c1-8-3-2-4-12(18(20)21)13(8)24(22,23)17-11-7-9(14(16)19)5-6-10(11)15/h2-7,17H,1H3,(H2,16,19). The Kier molecular flexibility index (Phi) is 4.76. The van der Waals surface area contributed by atoms with Gasteiger partial charge in [-0.25, -0.2) is 8.42 Å². The van der Waals surface area contributed by atoms with E-state index in [0.717, 1.165) is 12.1 Å². The molecule has 0 aliphatic carbocycles. The molecule has 126 valence electrons. The molecule has 0 unspecified atom stereocenters. The van der Waals surface area contributed by atoms with Crippen molar-refractivity contribution in [2.24, 2.45) is 5.73 Å². The lowest BCUT2D eigenvalue weighted by Crippen LogP contribution is -2.17. The molecule has 0 radical (unpaired) electrons. The highest BCUT2D eigenvalue weighted by Crippen LogP contribution is 2.31. The number of nitro benzene ring substituents is 1. The van der Waals surface area contributed by atoms with Gasteiger partial charge in [-0.05, 0) is 30.7 Å². The average molecular weight is 370 g/mol. The highest BCUT2D eigenvalue weighted by atomic mass is 35.5. The number of primary amides is 1. The molecule has 3 N–H and O–H groups in total. The number of amides is 1. The van der Waals surface area contributed by atoms with Crippen molar-refractivity contribution in [3.8, 4) is 0 Å².